The molecule has 0 aliphatic heterocycles. The van der Waals surface area contributed by atoms with Gasteiger partial charge in [0.25, 0.3) is 5.91 Å². The minimum Gasteiger partial charge on any atom is -0.350 e. The molecule has 3 rings (SSSR count). The summed E-state index contributed by atoms with van der Waals surface area (Å²) in [6, 6.07) is 19.5. The van der Waals surface area contributed by atoms with Crippen LogP contribution in [0.5, 0.6) is 0 Å². The van der Waals surface area contributed by atoms with E-state index in [-0.39, 0.29) is 5.91 Å². The Hall–Kier alpha value is -2.40. The van der Waals surface area contributed by atoms with Crippen molar-refractivity contribution in [2.24, 2.45) is 0 Å². The lowest BCUT2D eigenvalue weighted by Gasteiger charge is -2.05. The maximum Gasteiger partial charge on any atom is 0.269 e. The van der Waals surface area contributed by atoms with Gasteiger partial charge in [-0.25, -0.2) is 0 Å². The number of benzene rings is 2. The SMILES string of the molecule is O=C(NCCc1ccccc1Br)c1cc(-c2ccccc2)n[nH]1. The van der Waals surface area contributed by atoms with E-state index in [4.69, 9.17) is 0 Å². The smallest absolute Gasteiger partial charge is 0.269 e. The Morgan fingerprint density at radius 2 is 1.83 bits per heavy atom. The van der Waals surface area contributed by atoms with E-state index in [0.717, 1.165) is 22.2 Å². The summed E-state index contributed by atoms with van der Waals surface area (Å²) in [5.74, 6) is -0.147. The summed E-state index contributed by atoms with van der Waals surface area (Å²) >= 11 is 3.51. The van der Waals surface area contributed by atoms with Gasteiger partial charge in [-0.1, -0.05) is 64.5 Å². The van der Waals surface area contributed by atoms with Gasteiger partial charge < -0.3 is 5.32 Å². The minimum atomic E-state index is -0.147. The van der Waals surface area contributed by atoms with E-state index in [0.29, 0.717) is 12.2 Å². The standard InChI is InChI=1S/C18H16BrN3O/c19-15-9-5-4-6-13(15)10-11-20-18(23)17-12-16(21-22-17)14-7-2-1-3-8-14/h1-9,12H,10-11H2,(H,20,23)(H,21,22). The van der Waals surface area contributed by atoms with Crippen molar-refractivity contribution in [3.05, 3.63) is 76.4 Å². The van der Waals surface area contributed by atoms with Gasteiger partial charge in [0.1, 0.15) is 5.69 Å². The number of carbonyl (C=O) groups excluding carboxylic acids is 1. The number of nitrogens with zero attached hydrogens (tertiary/aromatic N) is 1. The van der Waals surface area contributed by atoms with Crippen LogP contribution in [0.3, 0.4) is 0 Å². The fourth-order valence-electron chi connectivity index (χ4n) is 2.30. The van der Waals surface area contributed by atoms with Crippen molar-refractivity contribution in [1.29, 1.82) is 0 Å². The van der Waals surface area contributed by atoms with E-state index in [1.165, 1.54) is 5.56 Å². The van der Waals surface area contributed by atoms with Gasteiger partial charge >= 0.3 is 0 Å². The van der Waals surface area contributed by atoms with Crippen molar-refractivity contribution in [3.63, 3.8) is 0 Å². The zero-order valence-corrected chi connectivity index (χ0v) is 14.0. The lowest BCUT2D eigenvalue weighted by atomic mass is 10.1. The molecule has 0 fully saturated rings. The highest BCUT2D eigenvalue weighted by atomic mass is 79.9. The third-order valence-corrected chi connectivity index (χ3v) is 4.30. The summed E-state index contributed by atoms with van der Waals surface area (Å²) in [6.45, 7) is 0.571. The van der Waals surface area contributed by atoms with E-state index in [1.54, 1.807) is 6.07 Å². The molecule has 0 aliphatic rings. The van der Waals surface area contributed by atoms with Crippen LogP contribution in [0.1, 0.15) is 16.1 Å². The Kier molecular flexibility index (Phi) is 4.88. The molecule has 0 radical (unpaired) electrons. The molecule has 2 aromatic carbocycles. The number of hydrogen-bond donors (Lipinski definition) is 2. The van der Waals surface area contributed by atoms with E-state index in [2.05, 4.69) is 31.4 Å². The van der Waals surface area contributed by atoms with Gasteiger partial charge in [-0.3, -0.25) is 9.89 Å². The largest absolute Gasteiger partial charge is 0.350 e. The van der Waals surface area contributed by atoms with Gasteiger partial charge in [-0.2, -0.15) is 5.10 Å². The first-order chi connectivity index (χ1) is 11.2. The third-order valence-electron chi connectivity index (χ3n) is 3.53. The second kappa shape index (κ2) is 7.24. The van der Waals surface area contributed by atoms with Gasteiger partial charge in [0.2, 0.25) is 0 Å². The number of aromatic nitrogens is 2. The fraction of sp³-hybridized carbons (Fsp3) is 0.111. The molecule has 5 heteroatoms. The van der Waals surface area contributed by atoms with Gasteiger partial charge in [0, 0.05) is 16.6 Å². The first-order valence-electron chi connectivity index (χ1n) is 7.36. The molecule has 1 heterocycles. The molecule has 0 unspecified atom stereocenters. The predicted octanol–water partition coefficient (Wildman–Crippen LogP) is 3.81. The van der Waals surface area contributed by atoms with Crippen LogP contribution in [0.15, 0.2) is 65.1 Å². The lowest BCUT2D eigenvalue weighted by Crippen LogP contribution is -2.26. The molecule has 0 atom stereocenters. The summed E-state index contributed by atoms with van der Waals surface area (Å²) in [7, 11) is 0. The highest BCUT2D eigenvalue weighted by molar-refractivity contribution is 9.10. The summed E-state index contributed by atoms with van der Waals surface area (Å²) in [5.41, 5.74) is 3.39. The van der Waals surface area contributed by atoms with Crippen LogP contribution in [0.2, 0.25) is 0 Å². The first kappa shape index (κ1) is 15.5. The average Bonchev–Trinajstić information content (AvgIpc) is 3.07. The molecular formula is C18H16BrN3O. The summed E-state index contributed by atoms with van der Waals surface area (Å²) in [6.07, 6.45) is 0.771. The van der Waals surface area contributed by atoms with Crippen LogP contribution in [0.25, 0.3) is 11.3 Å². The zero-order chi connectivity index (χ0) is 16.1. The van der Waals surface area contributed by atoms with E-state index in [9.17, 15) is 4.79 Å². The molecule has 23 heavy (non-hydrogen) atoms. The Balaban J connectivity index is 1.59. The second-order valence-electron chi connectivity index (χ2n) is 5.13. The van der Waals surface area contributed by atoms with Crippen LogP contribution >= 0.6 is 15.9 Å². The molecule has 3 aromatic rings. The first-order valence-corrected chi connectivity index (χ1v) is 8.16. The van der Waals surface area contributed by atoms with Crippen molar-refractivity contribution < 1.29 is 4.79 Å². The maximum atomic E-state index is 12.2. The van der Waals surface area contributed by atoms with Crippen LogP contribution < -0.4 is 5.32 Å². The normalized spacial score (nSPS) is 10.5. The number of nitrogens with one attached hydrogen (secondary N) is 2. The van der Waals surface area contributed by atoms with Crippen molar-refractivity contribution in [3.8, 4) is 11.3 Å². The number of carbonyl (C=O) groups is 1. The topological polar surface area (TPSA) is 57.8 Å². The van der Waals surface area contributed by atoms with Crippen LogP contribution in [-0.4, -0.2) is 22.6 Å². The van der Waals surface area contributed by atoms with Gasteiger partial charge in [-0.15, -0.1) is 0 Å². The van der Waals surface area contributed by atoms with E-state index in [1.807, 2.05) is 54.6 Å². The monoisotopic (exact) mass is 369 g/mol. The van der Waals surface area contributed by atoms with Crippen molar-refractivity contribution >= 4 is 21.8 Å². The predicted molar refractivity (Wildman–Crippen MR) is 94.2 cm³/mol. The van der Waals surface area contributed by atoms with Crippen molar-refractivity contribution in [2.45, 2.75) is 6.42 Å². The van der Waals surface area contributed by atoms with Crippen LogP contribution in [-0.2, 0) is 6.42 Å². The molecule has 0 saturated carbocycles. The summed E-state index contributed by atoms with van der Waals surface area (Å²) < 4.78 is 1.06. The minimum absolute atomic E-state index is 0.147. The third kappa shape index (κ3) is 3.87. The number of halogens is 1. The number of H-pyrrole nitrogens is 1. The van der Waals surface area contributed by atoms with Gasteiger partial charge in [0.15, 0.2) is 0 Å². The van der Waals surface area contributed by atoms with Gasteiger partial charge in [0.05, 0.1) is 5.69 Å². The lowest BCUT2D eigenvalue weighted by molar-refractivity contribution is 0.0949. The zero-order valence-electron chi connectivity index (χ0n) is 12.4. The van der Waals surface area contributed by atoms with E-state index < -0.39 is 0 Å². The average molecular weight is 370 g/mol. The molecule has 0 aliphatic carbocycles. The molecule has 2 N–H and O–H groups in total. The van der Waals surface area contributed by atoms with Gasteiger partial charge in [-0.05, 0) is 24.1 Å². The molecule has 0 bridgehead atoms. The molecule has 116 valence electrons. The highest BCUT2D eigenvalue weighted by Crippen LogP contribution is 2.17. The number of amides is 1. The Morgan fingerprint density at radius 3 is 2.61 bits per heavy atom. The van der Waals surface area contributed by atoms with Crippen LogP contribution in [0.4, 0.5) is 0 Å². The number of aromatic amines is 1. The van der Waals surface area contributed by atoms with Crippen LogP contribution in [0, 0.1) is 0 Å². The molecule has 0 spiro atoms. The van der Waals surface area contributed by atoms with E-state index >= 15 is 0 Å². The Labute approximate surface area is 143 Å². The summed E-state index contributed by atoms with van der Waals surface area (Å²) in [4.78, 5) is 12.2. The second-order valence-corrected chi connectivity index (χ2v) is 5.98. The van der Waals surface area contributed by atoms with Crippen molar-refractivity contribution in [2.75, 3.05) is 6.54 Å². The fourth-order valence-corrected chi connectivity index (χ4v) is 2.78. The summed E-state index contributed by atoms with van der Waals surface area (Å²) in [5, 5.41) is 9.90. The molecule has 1 aromatic heterocycles. The molecule has 0 saturated heterocycles. The Bertz CT molecular complexity index is 799. The number of hydrogen-bond acceptors (Lipinski definition) is 2. The molecule has 4 nitrogen and oxygen atoms in total. The Morgan fingerprint density at radius 1 is 1.09 bits per heavy atom. The quantitative estimate of drug-likeness (QED) is 0.718. The molecular weight excluding hydrogens is 354 g/mol. The number of rotatable bonds is 5. The van der Waals surface area contributed by atoms with Crippen molar-refractivity contribution in [1.82, 2.24) is 15.5 Å². The molecule has 1 amide bonds. The highest BCUT2D eigenvalue weighted by Gasteiger charge is 2.10. The maximum absolute atomic E-state index is 12.2.